The van der Waals surface area contributed by atoms with Crippen LogP contribution in [0.2, 0.25) is 0 Å². The van der Waals surface area contributed by atoms with Crippen LogP contribution in [0.15, 0.2) is 34.9 Å². The van der Waals surface area contributed by atoms with E-state index in [1.165, 1.54) is 19.9 Å². The highest BCUT2D eigenvalue weighted by Crippen LogP contribution is 2.76. The number of hydrogen-bond donors (Lipinski definition) is 12. The van der Waals surface area contributed by atoms with Crippen molar-refractivity contribution in [1.29, 1.82) is 0 Å². The molecule has 93 heavy (non-hydrogen) atoms. The zero-order valence-corrected chi connectivity index (χ0v) is 55.5. The molecule has 27 nitrogen and oxygen atoms in total. The molecule has 27 heteroatoms. The van der Waals surface area contributed by atoms with Crippen molar-refractivity contribution in [3.8, 4) is 0 Å². The van der Waals surface area contributed by atoms with E-state index in [0.717, 1.165) is 5.57 Å². The average Bonchev–Trinajstić information content (AvgIpc) is 0.602. The lowest BCUT2D eigenvalue weighted by atomic mass is 9.33. The number of esters is 3. The first kappa shape index (κ1) is 73.6. The van der Waals surface area contributed by atoms with E-state index in [4.69, 9.17) is 52.1 Å². The molecule has 8 fully saturated rings. The molecule has 9 aliphatic rings. The van der Waals surface area contributed by atoms with Crippen molar-refractivity contribution < 1.29 is 133 Å². The Morgan fingerprint density at radius 1 is 0.602 bits per heavy atom. The van der Waals surface area contributed by atoms with Gasteiger partial charge < -0.3 is 113 Å². The molecule has 0 aromatic rings. The summed E-state index contributed by atoms with van der Waals surface area (Å²) in [7, 11) is 0. The fraction of sp³-hybridized carbons (Fsp3) is 0.848. The van der Waals surface area contributed by atoms with Crippen molar-refractivity contribution in [2.75, 3.05) is 19.8 Å². The first-order valence-electron chi connectivity index (χ1n) is 32.8. The quantitative estimate of drug-likeness (QED) is 0.0319. The number of aliphatic carboxylic acids is 1. The molecule has 4 saturated carbocycles. The molecule has 0 aromatic carbocycles. The van der Waals surface area contributed by atoms with Crippen LogP contribution < -0.4 is 0 Å². The molecule has 30 atom stereocenters. The standard InChI is InChI=1S/C66H102O27/c1-14-28(3)55(81)88-47-30(5)83-59(46(78)49(47)89-56(82)29(4)15-2)93-52-53(84-31(6)70)66(27-69)33(23-61(52,7)8)32-16-17-39-63(11)20-19-41(62(9,10)38(63)18-21-64(39,12)65(32,13)24-40(66)73)87-60-51(92-58-44(76)43(75)42(74)37(26-68)86-58)48(45(77)50(91-60)54(79)80)90-57-35(72)22-34(71)36(25-67)85-57/h14-16,30,33-53,57-60,67-69,71-78H,17-27H2,1-13H3,(H,79,80)/b28-14-,29-15-/t30?,33?,34?,35-,36-,37?,38?,39?,40+,41-,42-,43?,44-,45-,46-,47-,48?,49?,50?,51?,52-,53-,57-,58-,59-,60+,63-,64+,65+,66-/m0/s1. The van der Waals surface area contributed by atoms with Crippen molar-refractivity contribution in [1.82, 2.24) is 0 Å². The summed E-state index contributed by atoms with van der Waals surface area (Å²) in [5, 5.41) is 134. The summed E-state index contributed by atoms with van der Waals surface area (Å²) in [5.41, 5.74) is -3.53. The van der Waals surface area contributed by atoms with Crippen molar-refractivity contribution in [2.24, 2.45) is 50.2 Å². The van der Waals surface area contributed by atoms with E-state index in [0.29, 0.717) is 32.1 Å². The normalized spacial score (nSPS) is 48.1. The number of carbonyl (C=O) groups excluding carboxylic acids is 3. The Bertz CT molecular complexity index is 2810. The highest BCUT2D eigenvalue weighted by Gasteiger charge is 2.74. The predicted octanol–water partition coefficient (Wildman–Crippen LogP) is 1.10. The van der Waals surface area contributed by atoms with Gasteiger partial charge in [0.1, 0.15) is 73.2 Å². The number of hydrogen-bond acceptors (Lipinski definition) is 26. The summed E-state index contributed by atoms with van der Waals surface area (Å²) in [6, 6.07) is 0. The molecule has 4 heterocycles. The van der Waals surface area contributed by atoms with Crippen molar-refractivity contribution in [2.45, 2.75) is 283 Å². The lowest BCUT2D eigenvalue weighted by Gasteiger charge is -2.72. The second-order valence-corrected chi connectivity index (χ2v) is 29.7. The molecule has 0 radical (unpaired) electrons. The fourth-order valence-electron chi connectivity index (χ4n) is 18.1. The molecule has 0 bridgehead atoms. The van der Waals surface area contributed by atoms with Gasteiger partial charge in [-0.1, -0.05) is 72.3 Å². The zero-order chi connectivity index (χ0) is 68.7. The van der Waals surface area contributed by atoms with Crippen molar-refractivity contribution >= 4 is 23.9 Å². The summed E-state index contributed by atoms with van der Waals surface area (Å²) < 4.78 is 68.2. The van der Waals surface area contributed by atoms with Crippen LogP contribution in [0.1, 0.15) is 141 Å². The molecule has 4 saturated heterocycles. The van der Waals surface area contributed by atoms with Gasteiger partial charge in [-0.3, -0.25) is 4.79 Å². The number of aliphatic hydroxyl groups excluding tert-OH is 11. The number of fused-ring (bicyclic) bond motifs is 7. The third kappa shape index (κ3) is 12.7. The minimum absolute atomic E-state index is 0.0419. The van der Waals surface area contributed by atoms with E-state index in [1.54, 1.807) is 33.8 Å². The molecule has 9 rings (SSSR count). The smallest absolute Gasteiger partial charge is 0.335 e. The van der Waals surface area contributed by atoms with Crippen LogP contribution in [0, 0.1) is 50.2 Å². The molecule has 12 N–H and O–H groups in total. The first-order chi connectivity index (χ1) is 43.5. The Morgan fingerprint density at radius 2 is 1.20 bits per heavy atom. The van der Waals surface area contributed by atoms with Gasteiger partial charge in [0.25, 0.3) is 0 Å². The molecule has 5 aliphatic carbocycles. The van der Waals surface area contributed by atoms with Gasteiger partial charge >= 0.3 is 23.9 Å². The van der Waals surface area contributed by atoms with E-state index < -0.39 is 223 Å². The SMILES string of the molecule is C/C=C(/C)C(=O)OC1[C@@H](OC(=O)/C(C)=C\C)C(C)O[C@@H](O[C@H]2[C@H](OC(C)=O)[C@@]3(CO)C(CC2(C)C)C2=CCC4[C@@]5(C)CC[C@H](O[C@@H]6OC(C(=O)O)[C@@H](O)C(O[C@@H]7O[C@@H](CO)C(O)C[C@@H]7O)C6O[C@@H]6OC(CO)[C@H](O)C(O)[C@@H]6O)C(C)(C)C5CC[C@@]4(C)[C@]2(C)C[C@H]3O)[C@H]1O. The topological polar surface area (TPSA) is 413 Å². The fourth-order valence-corrected chi connectivity index (χ4v) is 18.1. The maximum Gasteiger partial charge on any atom is 0.335 e. The molecular formula is C66H102O27. The monoisotopic (exact) mass is 1330 g/mol. The minimum atomic E-state index is -2.12. The van der Waals surface area contributed by atoms with Crippen LogP contribution >= 0.6 is 0 Å². The zero-order valence-electron chi connectivity index (χ0n) is 55.5. The number of ether oxygens (including phenoxy) is 11. The Labute approximate surface area is 542 Å². The summed E-state index contributed by atoms with van der Waals surface area (Å²) in [4.78, 5) is 53.1. The number of aliphatic hydroxyl groups is 11. The molecule has 528 valence electrons. The molecule has 0 aromatic heterocycles. The Balaban J connectivity index is 1.01. The van der Waals surface area contributed by atoms with Crippen LogP contribution in [0.3, 0.4) is 0 Å². The Morgan fingerprint density at radius 3 is 1.80 bits per heavy atom. The number of carboxylic acid groups (broad SMARTS) is 1. The summed E-state index contributed by atoms with van der Waals surface area (Å²) in [6.45, 7) is 21.6. The van der Waals surface area contributed by atoms with E-state index in [-0.39, 0.29) is 42.2 Å². The van der Waals surface area contributed by atoms with Gasteiger partial charge in [-0.15, -0.1) is 0 Å². The van der Waals surface area contributed by atoms with Gasteiger partial charge in [-0.2, -0.15) is 0 Å². The molecule has 11 unspecified atom stereocenters. The number of allylic oxidation sites excluding steroid dienone is 4. The Hall–Kier alpha value is -3.66. The van der Waals surface area contributed by atoms with Crippen LogP contribution in [-0.2, 0) is 71.3 Å². The van der Waals surface area contributed by atoms with Gasteiger partial charge in [-0.05, 0) is 124 Å². The van der Waals surface area contributed by atoms with E-state index in [1.807, 2.05) is 27.7 Å². The number of carboxylic acids is 1. The summed E-state index contributed by atoms with van der Waals surface area (Å²) in [5.74, 6) is -4.63. The lowest BCUT2D eigenvalue weighted by Crippen LogP contribution is -2.73. The summed E-state index contributed by atoms with van der Waals surface area (Å²) in [6.07, 6.45) is -28.3. The van der Waals surface area contributed by atoms with Crippen LogP contribution in [-0.4, -0.2) is 246 Å². The molecule has 4 aliphatic heterocycles. The second-order valence-electron chi connectivity index (χ2n) is 29.7. The van der Waals surface area contributed by atoms with Gasteiger partial charge in [-0.25, -0.2) is 14.4 Å². The highest BCUT2D eigenvalue weighted by atomic mass is 16.8. The number of rotatable bonds is 17. The maximum atomic E-state index is 13.5. The van der Waals surface area contributed by atoms with Crippen LogP contribution in [0.5, 0.6) is 0 Å². The lowest BCUT2D eigenvalue weighted by molar-refractivity contribution is -0.393. The van der Waals surface area contributed by atoms with E-state index in [2.05, 4.69) is 26.8 Å². The molecule has 0 spiro atoms. The Kier molecular flexibility index (Phi) is 21.8. The third-order valence-corrected chi connectivity index (χ3v) is 23.8. The maximum absolute atomic E-state index is 13.5. The summed E-state index contributed by atoms with van der Waals surface area (Å²) >= 11 is 0. The largest absolute Gasteiger partial charge is 0.479 e. The van der Waals surface area contributed by atoms with Crippen molar-refractivity contribution in [3.63, 3.8) is 0 Å². The third-order valence-electron chi connectivity index (χ3n) is 23.8. The van der Waals surface area contributed by atoms with E-state index >= 15 is 0 Å². The predicted molar refractivity (Wildman–Crippen MR) is 321 cm³/mol. The number of carbonyl (C=O) groups is 4. The van der Waals surface area contributed by atoms with E-state index in [9.17, 15) is 80.5 Å². The van der Waals surface area contributed by atoms with Gasteiger partial charge in [0.05, 0.1) is 49.7 Å². The highest BCUT2D eigenvalue weighted by molar-refractivity contribution is 5.88. The molecular weight excluding hydrogens is 1220 g/mol. The first-order valence-corrected chi connectivity index (χ1v) is 32.8. The minimum Gasteiger partial charge on any atom is -0.479 e. The van der Waals surface area contributed by atoms with Crippen molar-refractivity contribution in [3.05, 3.63) is 34.9 Å². The van der Waals surface area contributed by atoms with Gasteiger partial charge in [0.2, 0.25) is 0 Å². The average molecular weight is 1330 g/mol. The van der Waals surface area contributed by atoms with Gasteiger partial charge in [0.15, 0.2) is 43.5 Å². The van der Waals surface area contributed by atoms with Crippen LogP contribution in [0.25, 0.3) is 0 Å². The second kappa shape index (κ2) is 27.6. The van der Waals surface area contributed by atoms with Crippen LogP contribution in [0.4, 0.5) is 0 Å². The van der Waals surface area contributed by atoms with Gasteiger partial charge in [0, 0.05) is 24.5 Å². The molecule has 0 amide bonds.